The molecule has 26 heavy (non-hydrogen) atoms. The van der Waals surface area contributed by atoms with Gasteiger partial charge in [0.1, 0.15) is 0 Å². The van der Waals surface area contributed by atoms with Crippen LogP contribution >= 0.6 is 0 Å². The summed E-state index contributed by atoms with van der Waals surface area (Å²) in [6.07, 6.45) is 1.54. The van der Waals surface area contributed by atoms with Crippen LogP contribution in [0, 0.1) is 17.0 Å². The van der Waals surface area contributed by atoms with Crippen LogP contribution in [0.15, 0.2) is 60.0 Å². The van der Waals surface area contributed by atoms with Gasteiger partial charge in [-0.05, 0) is 37.3 Å². The number of nitrogens with zero attached hydrogens (tertiary/aromatic N) is 1. The van der Waals surface area contributed by atoms with Crippen molar-refractivity contribution in [2.45, 2.75) is 11.8 Å². The number of carbonyl (C=O) groups excluding carboxylic acids is 1. The lowest BCUT2D eigenvalue weighted by Gasteiger charge is -2.09. The van der Waals surface area contributed by atoms with Gasteiger partial charge in [0.25, 0.3) is 21.6 Å². The van der Waals surface area contributed by atoms with E-state index in [2.05, 4.69) is 16.6 Å². The molecule has 0 saturated carbocycles. The van der Waals surface area contributed by atoms with Gasteiger partial charge in [-0.1, -0.05) is 12.1 Å². The van der Waals surface area contributed by atoms with Gasteiger partial charge in [0.2, 0.25) is 0 Å². The first-order valence-electron chi connectivity index (χ1n) is 7.51. The quantitative estimate of drug-likeness (QED) is 0.438. The lowest BCUT2D eigenvalue weighted by atomic mass is 10.2. The maximum Gasteiger partial charge on any atom is 0.273 e. The molecule has 2 aromatic carbocycles. The third-order valence-corrected chi connectivity index (χ3v) is 4.87. The van der Waals surface area contributed by atoms with Crippen molar-refractivity contribution in [3.8, 4) is 0 Å². The SMILES string of the molecule is C=CCNC(=O)c1ccc(NS(=O)(=O)c2ccc(C)c([N+](=O)[O-])c2)cc1. The van der Waals surface area contributed by atoms with E-state index in [1.807, 2.05) is 0 Å². The first-order valence-corrected chi connectivity index (χ1v) is 9.00. The highest BCUT2D eigenvalue weighted by Crippen LogP contribution is 2.24. The molecule has 0 atom stereocenters. The molecule has 2 rings (SSSR count). The second kappa shape index (κ2) is 7.79. The molecule has 0 aromatic heterocycles. The predicted octanol–water partition coefficient (Wildman–Crippen LogP) is 2.62. The van der Waals surface area contributed by atoms with E-state index in [1.54, 1.807) is 6.08 Å². The molecule has 0 fully saturated rings. The lowest BCUT2D eigenvalue weighted by Crippen LogP contribution is -2.23. The Balaban J connectivity index is 2.22. The maximum atomic E-state index is 12.4. The topological polar surface area (TPSA) is 118 Å². The van der Waals surface area contributed by atoms with Crippen molar-refractivity contribution < 1.29 is 18.1 Å². The average molecular weight is 375 g/mol. The molecule has 0 bridgehead atoms. The van der Waals surface area contributed by atoms with Crippen molar-refractivity contribution in [2.75, 3.05) is 11.3 Å². The number of amides is 1. The number of carbonyl (C=O) groups is 1. The zero-order valence-corrected chi connectivity index (χ0v) is 14.7. The van der Waals surface area contributed by atoms with Gasteiger partial charge in [-0.25, -0.2) is 8.42 Å². The monoisotopic (exact) mass is 375 g/mol. The second-order valence-electron chi connectivity index (χ2n) is 5.39. The number of sulfonamides is 1. The summed E-state index contributed by atoms with van der Waals surface area (Å²) in [5.74, 6) is -0.312. The van der Waals surface area contributed by atoms with E-state index >= 15 is 0 Å². The number of hydrogen-bond donors (Lipinski definition) is 2. The fourth-order valence-corrected chi connectivity index (χ4v) is 3.20. The molecule has 0 radical (unpaired) electrons. The van der Waals surface area contributed by atoms with Crippen LogP contribution < -0.4 is 10.0 Å². The van der Waals surface area contributed by atoms with Gasteiger partial charge in [-0.2, -0.15) is 0 Å². The van der Waals surface area contributed by atoms with Crippen molar-refractivity contribution in [3.63, 3.8) is 0 Å². The van der Waals surface area contributed by atoms with Gasteiger partial charge in [0.05, 0.1) is 9.82 Å². The molecule has 2 aromatic rings. The van der Waals surface area contributed by atoms with Gasteiger partial charge < -0.3 is 5.32 Å². The maximum absolute atomic E-state index is 12.4. The molecule has 0 spiro atoms. The van der Waals surface area contributed by atoms with Crippen molar-refractivity contribution in [3.05, 3.63) is 76.4 Å². The molecule has 8 nitrogen and oxygen atoms in total. The zero-order valence-electron chi connectivity index (χ0n) is 13.9. The fraction of sp³-hybridized carbons (Fsp3) is 0.118. The second-order valence-corrected chi connectivity index (χ2v) is 7.07. The molecule has 0 heterocycles. The normalized spacial score (nSPS) is 10.8. The molecule has 0 aliphatic carbocycles. The van der Waals surface area contributed by atoms with E-state index in [1.165, 1.54) is 43.3 Å². The van der Waals surface area contributed by atoms with Crippen LogP contribution in [0.25, 0.3) is 0 Å². The minimum absolute atomic E-state index is 0.220. The number of benzene rings is 2. The third-order valence-electron chi connectivity index (χ3n) is 3.49. The van der Waals surface area contributed by atoms with E-state index in [9.17, 15) is 23.3 Å². The van der Waals surface area contributed by atoms with Crippen LogP contribution in [0.4, 0.5) is 11.4 Å². The number of nitro groups is 1. The Kier molecular flexibility index (Phi) is 5.73. The molecule has 0 saturated heterocycles. The Labute approximate surface area is 150 Å². The summed E-state index contributed by atoms with van der Waals surface area (Å²) in [6.45, 7) is 5.34. The highest BCUT2D eigenvalue weighted by molar-refractivity contribution is 7.92. The summed E-state index contributed by atoms with van der Waals surface area (Å²) in [5, 5.41) is 13.6. The number of hydrogen-bond acceptors (Lipinski definition) is 5. The predicted molar refractivity (Wildman–Crippen MR) is 97.6 cm³/mol. The van der Waals surface area contributed by atoms with Gasteiger partial charge in [0.15, 0.2) is 0 Å². The highest BCUT2D eigenvalue weighted by atomic mass is 32.2. The Morgan fingerprint density at radius 3 is 2.46 bits per heavy atom. The molecule has 136 valence electrons. The van der Waals surface area contributed by atoms with E-state index < -0.39 is 14.9 Å². The average Bonchev–Trinajstić information content (AvgIpc) is 2.59. The summed E-state index contributed by atoms with van der Waals surface area (Å²) in [4.78, 5) is 21.9. The van der Waals surface area contributed by atoms with Gasteiger partial charge in [0, 0.05) is 29.4 Å². The Bertz CT molecular complexity index is 953. The standard InChI is InChI=1S/C17H17N3O5S/c1-3-10-18-17(21)13-5-7-14(8-6-13)19-26(24,25)15-9-4-12(2)16(11-15)20(22)23/h3-9,11,19H,1,10H2,2H3,(H,18,21). The summed E-state index contributed by atoms with van der Waals surface area (Å²) in [6, 6.07) is 9.48. The smallest absolute Gasteiger partial charge is 0.273 e. The first-order chi connectivity index (χ1) is 12.2. The first kappa shape index (κ1) is 19.1. The molecule has 9 heteroatoms. The van der Waals surface area contributed by atoms with Gasteiger partial charge in [-0.15, -0.1) is 6.58 Å². The summed E-state index contributed by atoms with van der Waals surface area (Å²) < 4.78 is 27.2. The number of aryl methyl sites for hydroxylation is 1. The van der Waals surface area contributed by atoms with Crippen molar-refractivity contribution in [1.82, 2.24) is 5.32 Å². The van der Waals surface area contributed by atoms with Crippen LogP contribution in [0.2, 0.25) is 0 Å². The fourth-order valence-electron chi connectivity index (χ4n) is 2.12. The molecular weight excluding hydrogens is 358 g/mol. The number of rotatable bonds is 7. The lowest BCUT2D eigenvalue weighted by molar-refractivity contribution is -0.385. The number of nitrogens with one attached hydrogen (secondary N) is 2. The zero-order chi connectivity index (χ0) is 19.3. The molecule has 0 aliphatic heterocycles. The van der Waals surface area contributed by atoms with Crippen LogP contribution in [0.3, 0.4) is 0 Å². The van der Waals surface area contributed by atoms with Gasteiger partial charge in [-0.3, -0.25) is 19.6 Å². The minimum atomic E-state index is -4.00. The molecule has 0 aliphatic rings. The largest absolute Gasteiger partial charge is 0.349 e. The van der Waals surface area contributed by atoms with Crippen molar-refractivity contribution in [2.24, 2.45) is 0 Å². The molecule has 0 unspecified atom stereocenters. The summed E-state index contributed by atoms with van der Waals surface area (Å²) in [5.41, 5.74) is 0.681. The minimum Gasteiger partial charge on any atom is -0.349 e. The van der Waals surface area contributed by atoms with E-state index in [0.717, 1.165) is 6.07 Å². The third kappa shape index (κ3) is 4.45. The van der Waals surface area contributed by atoms with E-state index in [-0.39, 0.29) is 22.2 Å². The van der Waals surface area contributed by atoms with E-state index in [0.29, 0.717) is 17.7 Å². The number of nitro benzene ring substituents is 1. The van der Waals surface area contributed by atoms with Crippen LogP contribution in [-0.2, 0) is 10.0 Å². The van der Waals surface area contributed by atoms with Crippen molar-refractivity contribution in [1.29, 1.82) is 0 Å². The molecule has 2 N–H and O–H groups in total. The van der Waals surface area contributed by atoms with Crippen LogP contribution in [-0.4, -0.2) is 25.8 Å². The Hall–Kier alpha value is -3.20. The summed E-state index contributed by atoms with van der Waals surface area (Å²) >= 11 is 0. The van der Waals surface area contributed by atoms with Gasteiger partial charge >= 0.3 is 0 Å². The van der Waals surface area contributed by atoms with Crippen LogP contribution in [0.1, 0.15) is 15.9 Å². The Morgan fingerprint density at radius 1 is 1.23 bits per heavy atom. The van der Waals surface area contributed by atoms with Crippen LogP contribution in [0.5, 0.6) is 0 Å². The summed E-state index contributed by atoms with van der Waals surface area (Å²) in [7, 11) is -4.00. The molecular formula is C17H17N3O5S. The van der Waals surface area contributed by atoms with Crippen molar-refractivity contribution >= 4 is 27.3 Å². The van der Waals surface area contributed by atoms with E-state index in [4.69, 9.17) is 0 Å². The number of anilines is 1. The highest BCUT2D eigenvalue weighted by Gasteiger charge is 2.20. The Morgan fingerprint density at radius 2 is 1.88 bits per heavy atom. The molecule has 1 amide bonds.